The molecule has 0 saturated heterocycles. The Hall–Kier alpha value is -2.08. The molecule has 21 heavy (non-hydrogen) atoms. The van der Waals surface area contributed by atoms with Gasteiger partial charge in [0.15, 0.2) is 17.3 Å². The molecule has 2 aromatic heterocycles. The van der Waals surface area contributed by atoms with Gasteiger partial charge in [0.2, 0.25) is 0 Å². The monoisotopic (exact) mass is 309 g/mol. The van der Waals surface area contributed by atoms with Gasteiger partial charge in [0.05, 0.1) is 30.9 Å². The Morgan fingerprint density at radius 2 is 2.29 bits per heavy atom. The topological polar surface area (TPSA) is 53.1 Å². The fourth-order valence-corrected chi connectivity index (χ4v) is 2.43. The number of imidazole rings is 1. The number of hydrogen-bond donors (Lipinski definition) is 0. The van der Waals surface area contributed by atoms with Gasteiger partial charge in [0, 0.05) is 30.5 Å². The summed E-state index contributed by atoms with van der Waals surface area (Å²) in [6, 6.07) is 4.77. The number of fused-ring (bicyclic) bond motifs is 1. The minimum atomic E-state index is -0.438. The minimum absolute atomic E-state index is 0.179. The molecule has 0 fully saturated rings. The largest absolute Gasteiger partial charge is 0.494 e. The van der Waals surface area contributed by atoms with Crippen molar-refractivity contribution in [2.24, 2.45) is 0 Å². The second-order valence-corrected chi connectivity index (χ2v) is 4.89. The van der Waals surface area contributed by atoms with Crippen LogP contribution in [0.5, 0.6) is 5.75 Å². The molecule has 0 N–H and O–H groups in total. The molecule has 0 unspecified atom stereocenters. The molecule has 0 atom stereocenters. The number of alkyl halides is 1. The molecular formula is C14H13ClFN3O2. The van der Waals surface area contributed by atoms with E-state index in [9.17, 15) is 4.39 Å². The standard InChI is InChI=1S/C14H13ClFN3O2/c1-20-13-7-12-11(6-10(13)16)18-14(2-4-15)19(12)8-9-3-5-17-21-9/h3,5-7H,2,4,8H2,1H3. The van der Waals surface area contributed by atoms with Crippen molar-refractivity contribution in [1.82, 2.24) is 14.7 Å². The fourth-order valence-electron chi connectivity index (χ4n) is 2.26. The molecule has 0 spiro atoms. The molecule has 2 heterocycles. The lowest BCUT2D eigenvalue weighted by Crippen LogP contribution is -2.05. The van der Waals surface area contributed by atoms with Crippen LogP contribution in [0.4, 0.5) is 4.39 Å². The van der Waals surface area contributed by atoms with E-state index in [0.717, 1.165) is 11.3 Å². The SMILES string of the molecule is COc1cc2c(cc1F)nc(CCCl)n2Cc1ccno1. The van der Waals surface area contributed by atoms with Gasteiger partial charge < -0.3 is 13.8 Å². The summed E-state index contributed by atoms with van der Waals surface area (Å²) in [5, 5.41) is 3.69. The third-order valence-corrected chi connectivity index (χ3v) is 3.41. The van der Waals surface area contributed by atoms with Crippen molar-refractivity contribution in [1.29, 1.82) is 0 Å². The van der Waals surface area contributed by atoms with E-state index in [1.54, 1.807) is 18.3 Å². The maximum absolute atomic E-state index is 13.8. The first-order valence-corrected chi connectivity index (χ1v) is 6.94. The Kier molecular flexibility index (Phi) is 3.79. The fraction of sp³-hybridized carbons (Fsp3) is 0.286. The molecule has 7 heteroatoms. The summed E-state index contributed by atoms with van der Waals surface area (Å²) in [5.41, 5.74) is 1.33. The van der Waals surface area contributed by atoms with Crippen LogP contribution < -0.4 is 4.74 Å². The summed E-state index contributed by atoms with van der Waals surface area (Å²) in [7, 11) is 1.43. The lowest BCUT2D eigenvalue weighted by atomic mass is 10.2. The number of aromatic nitrogens is 3. The van der Waals surface area contributed by atoms with Crippen molar-refractivity contribution < 1.29 is 13.7 Å². The quantitative estimate of drug-likeness (QED) is 0.680. The summed E-state index contributed by atoms with van der Waals surface area (Å²) in [5.74, 6) is 1.63. The Labute approximate surface area is 125 Å². The van der Waals surface area contributed by atoms with Gasteiger partial charge in [-0.1, -0.05) is 5.16 Å². The summed E-state index contributed by atoms with van der Waals surface area (Å²) in [4.78, 5) is 4.44. The van der Waals surface area contributed by atoms with Crippen molar-refractivity contribution in [2.75, 3.05) is 13.0 Å². The highest BCUT2D eigenvalue weighted by atomic mass is 35.5. The first kappa shape index (κ1) is 13.9. The predicted molar refractivity (Wildman–Crippen MR) is 76.3 cm³/mol. The minimum Gasteiger partial charge on any atom is -0.494 e. The van der Waals surface area contributed by atoms with Gasteiger partial charge in [-0.05, 0) is 0 Å². The number of benzene rings is 1. The highest BCUT2D eigenvalue weighted by Crippen LogP contribution is 2.26. The summed E-state index contributed by atoms with van der Waals surface area (Å²) >= 11 is 5.82. The van der Waals surface area contributed by atoms with Crippen LogP contribution in [0.3, 0.4) is 0 Å². The third-order valence-electron chi connectivity index (χ3n) is 3.22. The van der Waals surface area contributed by atoms with Crippen LogP contribution >= 0.6 is 11.6 Å². The Balaban J connectivity index is 2.15. The average molecular weight is 310 g/mol. The molecule has 0 bridgehead atoms. The smallest absolute Gasteiger partial charge is 0.167 e. The molecule has 5 nitrogen and oxygen atoms in total. The zero-order valence-corrected chi connectivity index (χ0v) is 12.1. The van der Waals surface area contributed by atoms with Gasteiger partial charge in [-0.2, -0.15) is 0 Å². The maximum Gasteiger partial charge on any atom is 0.167 e. The van der Waals surface area contributed by atoms with E-state index in [4.69, 9.17) is 20.9 Å². The lowest BCUT2D eigenvalue weighted by Gasteiger charge is -2.07. The van der Waals surface area contributed by atoms with E-state index in [2.05, 4.69) is 10.1 Å². The molecule has 0 aliphatic rings. The van der Waals surface area contributed by atoms with Crippen molar-refractivity contribution >= 4 is 22.6 Å². The highest BCUT2D eigenvalue weighted by Gasteiger charge is 2.15. The summed E-state index contributed by atoms with van der Waals surface area (Å²) in [6.45, 7) is 0.456. The number of nitrogens with zero attached hydrogens (tertiary/aromatic N) is 3. The lowest BCUT2D eigenvalue weighted by molar-refractivity contribution is 0.375. The van der Waals surface area contributed by atoms with E-state index in [1.807, 2.05) is 4.57 Å². The van der Waals surface area contributed by atoms with Crippen LogP contribution in [0.15, 0.2) is 28.9 Å². The molecule has 0 saturated carbocycles. The predicted octanol–water partition coefficient (Wildman–Crippen LogP) is 3.00. The Morgan fingerprint density at radius 3 is 2.95 bits per heavy atom. The first-order chi connectivity index (χ1) is 10.2. The maximum atomic E-state index is 13.8. The summed E-state index contributed by atoms with van der Waals surface area (Å²) in [6.07, 6.45) is 2.16. The molecule has 3 aromatic rings. The number of halogens is 2. The molecule has 0 aliphatic carbocycles. The van der Waals surface area contributed by atoms with E-state index >= 15 is 0 Å². The van der Waals surface area contributed by atoms with Crippen molar-refractivity contribution in [2.45, 2.75) is 13.0 Å². The zero-order valence-electron chi connectivity index (χ0n) is 11.3. The van der Waals surface area contributed by atoms with E-state index in [1.165, 1.54) is 13.2 Å². The van der Waals surface area contributed by atoms with Gasteiger partial charge in [-0.25, -0.2) is 9.37 Å². The first-order valence-electron chi connectivity index (χ1n) is 6.41. The van der Waals surface area contributed by atoms with Crippen LogP contribution in [0, 0.1) is 5.82 Å². The second-order valence-electron chi connectivity index (χ2n) is 4.51. The summed E-state index contributed by atoms with van der Waals surface area (Å²) < 4.78 is 25.9. The van der Waals surface area contributed by atoms with Gasteiger partial charge in [-0.3, -0.25) is 0 Å². The third kappa shape index (κ3) is 2.58. The van der Waals surface area contributed by atoms with Crippen LogP contribution in [0.1, 0.15) is 11.6 Å². The number of rotatable bonds is 5. The molecule has 3 rings (SSSR count). The van der Waals surface area contributed by atoms with Gasteiger partial charge in [0.25, 0.3) is 0 Å². The number of hydrogen-bond acceptors (Lipinski definition) is 4. The number of ether oxygens (including phenoxy) is 1. The molecule has 1 aromatic carbocycles. The average Bonchev–Trinajstić information content (AvgIpc) is 3.08. The molecular weight excluding hydrogens is 297 g/mol. The number of aryl methyl sites for hydroxylation is 1. The normalized spacial score (nSPS) is 11.2. The van der Waals surface area contributed by atoms with Crippen molar-refractivity contribution in [3.63, 3.8) is 0 Å². The molecule has 0 radical (unpaired) electrons. The number of methoxy groups -OCH3 is 1. The zero-order chi connectivity index (χ0) is 14.8. The van der Waals surface area contributed by atoms with Crippen LogP contribution in [0.25, 0.3) is 11.0 Å². The Bertz CT molecular complexity index is 755. The van der Waals surface area contributed by atoms with Crippen LogP contribution in [-0.2, 0) is 13.0 Å². The van der Waals surface area contributed by atoms with E-state index in [-0.39, 0.29) is 5.75 Å². The highest BCUT2D eigenvalue weighted by molar-refractivity contribution is 6.17. The molecule has 110 valence electrons. The Morgan fingerprint density at radius 1 is 1.43 bits per heavy atom. The van der Waals surface area contributed by atoms with Crippen molar-refractivity contribution in [3.8, 4) is 5.75 Å². The molecule has 0 amide bonds. The second kappa shape index (κ2) is 5.73. The van der Waals surface area contributed by atoms with Crippen molar-refractivity contribution in [3.05, 3.63) is 41.8 Å². The van der Waals surface area contributed by atoms with Crippen LogP contribution in [-0.4, -0.2) is 27.7 Å². The van der Waals surface area contributed by atoms with Gasteiger partial charge in [-0.15, -0.1) is 11.6 Å². The van der Waals surface area contributed by atoms with Crippen LogP contribution in [0.2, 0.25) is 0 Å². The van der Waals surface area contributed by atoms with E-state index < -0.39 is 5.82 Å². The van der Waals surface area contributed by atoms with Gasteiger partial charge >= 0.3 is 0 Å². The molecule has 0 aliphatic heterocycles. The van der Waals surface area contributed by atoms with Gasteiger partial charge in [0.1, 0.15) is 5.82 Å². The van der Waals surface area contributed by atoms with E-state index in [0.29, 0.717) is 30.1 Å².